The minimum atomic E-state index is 0.125. The third-order valence-electron chi connectivity index (χ3n) is 3.55. The number of carbonyl (C=O) groups excluding carboxylic acids is 1. The lowest BCUT2D eigenvalue weighted by Crippen LogP contribution is -2.43. The highest BCUT2D eigenvalue weighted by molar-refractivity contribution is 5.78. The van der Waals surface area contributed by atoms with E-state index in [0.29, 0.717) is 12.6 Å². The van der Waals surface area contributed by atoms with E-state index >= 15 is 0 Å². The third-order valence-corrected chi connectivity index (χ3v) is 3.55. The first-order chi connectivity index (χ1) is 7.75. The Morgan fingerprint density at radius 2 is 2.06 bits per heavy atom. The van der Waals surface area contributed by atoms with Crippen LogP contribution < -0.4 is 10.6 Å². The summed E-state index contributed by atoms with van der Waals surface area (Å²) in [5.74, 6) is 1.78. The number of nitrogens with one attached hydrogen (secondary N) is 2. The van der Waals surface area contributed by atoms with Crippen molar-refractivity contribution in [3.8, 4) is 0 Å². The molecule has 92 valence electrons. The Morgan fingerprint density at radius 3 is 2.69 bits per heavy atom. The van der Waals surface area contributed by atoms with Gasteiger partial charge in [0.25, 0.3) is 0 Å². The Morgan fingerprint density at radius 1 is 1.38 bits per heavy atom. The lowest BCUT2D eigenvalue weighted by Gasteiger charge is -2.23. The standard InChI is InChI=1S/C12H22N2O2/c1-9-6-10(9)7-13-8-12(15)14-11-2-4-16-5-3-11/h9-11,13H,2-8H2,1H3,(H,14,15). The van der Waals surface area contributed by atoms with E-state index in [4.69, 9.17) is 4.74 Å². The average molecular weight is 226 g/mol. The first-order valence-corrected chi connectivity index (χ1v) is 6.33. The van der Waals surface area contributed by atoms with Crippen molar-refractivity contribution >= 4 is 5.91 Å². The minimum Gasteiger partial charge on any atom is -0.381 e. The Bertz CT molecular complexity index is 239. The van der Waals surface area contributed by atoms with Gasteiger partial charge >= 0.3 is 0 Å². The van der Waals surface area contributed by atoms with Crippen LogP contribution in [-0.4, -0.2) is 38.3 Å². The summed E-state index contributed by atoms with van der Waals surface area (Å²) in [7, 11) is 0. The predicted molar refractivity (Wildman–Crippen MR) is 62.1 cm³/mol. The van der Waals surface area contributed by atoms with E-state index in [1.807, 2.05) is 0 Å². The number of hydrogen-bond acceptors (Lipinski definition) is 3. The summed E-state index contributed by atoms with van der Waals surface area (Å²) in [5.41, 5.74) is 0. The van der Waals surface area contributed by atoms with Crippen LogP contribution in [0.25, 0.3) is 0 Å². The highest BCUT2D eigenvalue weighted by Crippen LogP contribution is 2.36. The molecule has 2 unspecified atom stereocenters. The molecule has 0 aromatic heterocycles. The fourth-order valence-electron chi connectivity index (χ4n) is 2.18. The molecule has 1 saturated carbocycles. The zero-order valence-corrected chi connectivity index (χ0v) is 10.00. The molecule has 0 aromatic rings. The number of carbonyl (C=O) groups is 1. The number of hydrogen-bond donors (Lipinski definition) is 2. The van der Waals surface area contributed by atoms with Crippen LogP contribution in [0.4, 0.5) is 0 Å². The summed E-state index contributed by atoms with van der Waals surface area (Å²) < 4.78 is 5.25. The van der Waals surface area contributed by atoms with E-state index < -0.39 is 0 Å². The molecule has 2 atom stereocenters. The van der Waals surface area contributed by atoms with Gasteiger partial charge in [-0.1, -0.05) is 6.92 Å². The number of ether oxygens (including phenoxy) is 1. The highest BCUT2D eigenvalue weighted by Gasteiger charge is 2.31. The van der Waals surface area contributed by atoms with Gasteiger partial charge in [0.15, 0.2) is 0 Å². The summed E-state index contributed by atoms with van der Waals surface area (Å²) in [6.07, 6.45) is 3.21. The van der Waals surface area contributed by atoms with Gasteiger partial charge in [-0.05, 0) is 37.6 Å². The van der Waals surface area contributed by atoms with E-state index in [0.717, 1.165) is 44.4 Å². The maximum atomic E-state index is 11.6. The van der Waals surface area contributed by atoms with Crippen LogP contribution in [0.1, 0.15) is 26.2 Å². The van der Waals surface area contributed by atoms with Crippen molar-refractivity contribution in [2.75, 3.05) is 26.3 Å². The Balaban J connectivity index is 1.53. The molecule has 1 aliphatic heterocycles. The second kappa shape index (κ2) is 5.64. The van der Waals surface area contributed by atoms with E-state index in [1.54, 1.807) is 0 Å². The largest absolute Gasteiger partial charge is 0.381 e. The van der Waals surface area contributed by atoms with Gasteiger partial charge in [0.1, 0.15) is 0 Å². The Labute approximate surface area is 97.1 Å². The van der Waals surface area contributed by atoms with Gasteiger partial charge in [0, 0.05) is 19.3 Å². The van der Waals surface area contributed by atoms with Crippen molar-refractivity contribution < 1.29 is 9.53 Å². The summed E-state index contributed by atoms with van der Waals surface area (Å²) in [5, 5.41) is 6.27. The van der Waals surface area contributed by atoms with Crippen molar-refractivity contribution in [2.24, 2.45) is 11.8 Å². The highest BCUT2D eigenvalue weighted by atomic mass is 16.5. The van der Waals surface area contributed by atoms with Crippen molar-refractivity contribution in [3.05, 3.63) is 0 Å². The maximum absolute atomic E-state index is 11.6. The monoisotopic (exact) mass is 226 g/mol. The molecule has 0 spiro atoms. The molecular weight excluding hydrogens is 204 g/mol. The maximum Gasteiger partial charge on any atom is 0.234 e. The van der Waals surface area contributed by atoms with Gasteiger partial charge in [-0.3, -0.25) is 4.79 Å². The van der Waals surface area contributed by atoms with Crippen LogP contribution in [0, 0.1) is 11.8 Å². The molecular formula is C12H22N2O2. The van der Waals surface area contributed by atoms with Gasteiger partial charge < -0.3 is 15.4 Å². The zero-order chi connectivity index (χ0) is 11.4. The summed E-state index contributed by atoms with van der Waals surface area (Å²) in [6, 6.07) is 0.322. The molecule has 0 aromatic carbocycles. The topological polar surface area (TPSA) is 50.4 Å². The van der Waals surface area contributed by atoms with Crippen LogP contribution in [0.3, 0.4) is 0 Å². The van der Waals surface area contributed by atoms with Crippen molar-refractivity contribution in [2.45, 2.75) is 32.2 Å². The van der Waals surface area contributed by atoms with Gasteiger partial charge in [-0.15, -0.1) is 0 Å². The quantitative estimate of drug-likeness (QED) is 0.719. The van der Waals surface area contributed by atoms with Crippen LogP contribution in [0.5, 0.6) is 0 Å². The average Bonchev–Trinajstić information content (AvgIpc) is 2.96. The van der Waals surface area contributed by atoms with E-state index in [2.05, 4.69) is 17.6 Å². The SMILES string of the molecule is CC1CC1CNCC(=O)NC1CCOCC1. The summed E-state index contributed by atoms with van der Waals surface area (Å²) in [4.78, 5) is 11.6. The van der Waals surface area contributed by atoms with E-state index in [1.165, 1.54) is 6.42 Å². The molecule has 2 rings (SSSR count). The molecule has 2 N–H and O–H groups in total. The van der Waals surface area contributed by atoms with E-state index in [-0.39, 0.29) is 5.91 Å². The molecule has 1 aliphatic carbocycles. The van der Waals surface area contributed by atoms with Crippen molar-refractivity contribution in [3.63, 3.8) is 0 Å². The minimum absolute atomic E-state index is 0.125. The smallest absolute Gasteiger partial charge is 0.234 e. The van der Waals surface area contributed by atoms with Crippen LogP contribution in [0.15, 0.2) is 0 Å². The second-order valence-corrected chi connectivity index (χ2v) is 5.06. The second-order valence-electron chi connectivity index (χ2n) is 5.06. The molecule has 4 nitrogen and oxygen atoms in total. The molecule has 1 heterocycles. The van der Waals surface area contributed by atoms with Crippen LogP contribution >= 0.6 is 0 Å². The van der Waals surface area contributed by atoms with Crippen LogP contribution in [-0.2, 0) is 9.53 Å². The Kier molecular flexibility index (Phi) is 4.18. The molecule has 0 bridgehead atoms. The Hall–Kier alpha value is -0.610. The zero-order valence-electron chi connectivity index (χ0n) is 10.00. The molecule has 2 fully saturated rings. The normalized spacial score (nSPS) is 30.1. The number of amides is 1. The lowest BCUT2D eigenvalue weighted by molar-refractivity contribution is -0.121. The van der Waals surface area contributed by atoms with Crippen molar-refractivity contribution in [1.29, 1.82) is 0 Å². The van der Waals surface area contributed by atoms with Crippen LogP contribution in [0.2, 0.25) is 0 Å². The summed E-state index contributed by atoms with van der Waals surface area (Å²) in [6.45, 7) is 5.26. The first-order valence-electron chi connectivity index (χ1n) is 6.33. The fourth-order valence-corrected chi connectivity index (χ4v) is 2.18. The fraction of sp³-hybridized carbons (Fsp3) is 0.917. The van der Waals surface area contributed by atoms with Gasteiger partial charge in [-0.25, -0.2) is 0 Å². The van der Waals surface area contributed by atoms with Gasteiger partial charge in [-0.2, -0.15) is 0 Å². The summed E-state index contributed by atoms with van der Waals surface area (Å²) >= 11 is 0. The van der Waals surface area contributed by atoms with E-state index in [9.17, 15) is 4.79 Å². The predicted octanol–water partition coefficient (Wildman–Crippen LogP) is 0.527. The molecule has 4 heteroatoms. The molecule has 1 amide bonds. The first kappa shape index (κ1) is 11.9. The molecule has 16 heavy (non-hydrogen) atoms. The molecule has 1 saturated heterocycles. The number of rotatable bonds is 5. The molecule has 2 aliphatic rings. The van der Waals surface area contributed by atoms with Gasteiger partial charge in [0.05, 0.1) is 6.54 Å². The third kappa shape index (κ3) is 3.76. The van der Waals surface area contributed by atoms with Gasteiger partial charge in [0.2, 0.25) is 5.91 Å². The van der Waals surface area contributed by atoms with Crippen molar-refractivity contribution in [1.82, 2.24) is 10.6 Å². The lowest BCUT2D eigenvalue weighted by atomic mass is 10.1. The molecule has 0 radical (unpaired) electrons.